The van der Waals surface area contributed by atoms with Gasteiger partial charge >= 0.3 is 5.97 Å². The molecule has 0 saturated heterocycles. The third kappa shape index (κ3) is 6.57. The molecule has 0 unspecified atom stereocenters. The summed E-state index contributed by atoms with van der Waals surface area (Å²) in [5, 5.41) is 3.25. The van der Waals surface area contributed by atoms with Crippen molar-refractivity contribution < 1.29 is 23.5 Å². The molecule has 0 atom stereocenters. The molecule has 0 aliphatic rings. The summed E-state index contributed by atoms with van der Waals surface area (Å²) in [5.74, 6) is -0.947. The molecule has 0 fully saturated rings. The number of esters is 1. The maximum Gasteiger partial charge on any atom is 0.344 e. The van der Waals surface area contributed by atoms with Crippen molar-refractivity contribution in [2.75, 3.05) is 30.0 Å². The number of nitrogens with zero attached hydrogens (tertiary/aromatic N) is 1. The Labute approximate surface area is 180 Å². The molecule has 0 aromatic heterocycles. The number of amides is 1. The Morgan fingerprint density at radius 3 is 2.16 bits per heavy atom. The number of benzene rings is 3. The van der Waals surface area contributed by atoms with Crippen LogP contribution in [0.3, 0.4) is 0 Å². The molecular weight excluding hydrogens is 399 g/mol. The van der Waals surface area contributed by atoms with E-state index in [1.165, 1.54) is 29.2 Å². The monoisotopic (exact) mass is 422 g/mol. The van der Waals surface area contributed by atoms with E-state index in [0.717, 1.165) is 11.4 Å². The van der Waals surface area contributed by atoms with Gasteiger partial charge in [0.1, 0.15) is 11.6 Å². The molecule has 0 aliphatic heterocycles. The average molecular weight is 422 g/mol. The van der Waals surface area contributed by atoms with Gasteiger partial charge in [0.25, 0.3) is 5.91 Å². The zero-order valence-electron chi connectivity index (χ0n) is 17.1. The fourth-order valence-electron chi connectivity index (χ4n) is 2.85. The number of anilines is 3. The van der Waals surface area contributed by atoms with Gasteiger partial charge in [-0.1, -0.05) is 18.2 Å². The van der Waals surface area contributed by atoms with E-state index in [1.807, 2.05) is 42.5 Å². The van der Waals surface area contributed by atoms with E-state index in [-0.39, 0.29) is 12.4 Å². The van der Waals surface area contributed by atoms with E-state index < -0.39 is 18.5 Å². The van der Waals surface area contributed by atoms with E-state index in [4.69, 9.17) is 9.47 Å². The molecule has 0 spiro atoms. The molecule has 0 radical (unpaired) electrons. The molecule has 0 bridgehead atoms. The quantitative estimate of drug-likeness (QED) is 0.513. The number of hydrogen-bond donors (Lipinski definition) is 1. The van der Waals surface area contributed by atoms with Gasteiger partial charge in [-0.05, 0) is 67.6 Å². The van der Waals surface area contributed by atoms with Crippen LogP contribution >= 0.6 is 0 Å². The highest BCUT2D eigenvalue weighted by Crippen LogP contribution is 2.20. The van der Waals surface area contributed by atoms with E-state index in [1.54, 1.807) is 19.1 Å². The van der Waals surface area contributed by atoms with Crippen LogP contribution in [0.1, 0.15) is 6.92 Å². The number of carbonyl (C=O) groups is 2. The molecule has 3 aromatic rings. The number of nitrogens with one attached hydrogen (secondary N) is 1. The molecule has 160 valence electrons. The smallest absolute Gasteiger partial charge is 0.344 e. The highest BCUT2D eigenvalue weighted by atomic mass is 19.1. The number of likely N-dealkylation sites (N-methyl/N-ethyl adjacent to an activating group) is 1. The molecule has 0 aliphatic carbocycles. The highest BCUT2D eigenvalue weighted by molar-refractivity contribution is 5.95. The molecular formula is C24H23FN2O4. The predicted octanol–water partition coefficient (Wildman–Crippen LogP) is 4.54. The number of hydrogen-bond acceptors (Lipinski definition) is 5. The second-order valence-corrected chi connectivity index (χ2v) is 6.58. The SMILES string of the molecule is CCN(C(=O)COC(=O)COc1ccc(Nc2ccccc2)cc1)c1ccc(F)cc1. The van der Waals surface area contributed by atoms with E-state index in [9.17, 15) is 14.0 Å². The zero-order chi connectivity index (χ0) is 22.1. The van der Waals surface area contributed by atoms with Crippen molar-refractivity contribution in [1.29, 1.82) is 0 Å². The summed E-state index contributed by atoms with van der Waals surface area (Å²) in [6.45, 7) is 1.40. The van der Waals surface area contributed by atoms with Crippen LogP contribution in [0.25, 0.3) is 0 Å². The molecule has 31 heavy (non-hydrogen) atoms. The van der Waals surface area contributed by atoms with Crippen molar-refractivity contribution in [2.24, 2.45) is 0 Å². The Hall–Kier alpha value is -3.87. The first-order chi connectivity index (χ1) is 15.0. The minimum atomic E-state index is -0.657. The molecule has 0 heterocycles. The highest BCUT2D eigenvalue weighted by Gasteiger charge is 2.16. The largest absolute Gasteiger partial charge is 0.482 e. The lowest BCUT2D eigenvalue weighted by atomic mass is 10.2. The minimum Gasteiger partial charge on any atom is -0.482 e. The Kier molecular flexibility index (Phi) is 7.59. The van der Waals surface area contributed by atoms with E-state index in [2.05, 4.69) is 5.32 Å². The lowest BCUT2D eigenvalue weighted by Crippen LogP contribution is -2.35. The summed E-state index contributed by atoms with van der Waals surface area (Å²) >= 11 is 0. The van der Waals surface area contributed by atoms with Gasteiger partial charge in [-0.15, -0.1) is 0 Å². The summed E-state index contributed by atoms with van der Waals surface area (Å²) < 4.78 is 23.5. The molecule has 3 aromatic carbocycles. The Morgan fingerprint density at radius 2 is 1.52 bits per heavy atom. The second-order valence-electron chi connectivity index (χ2n) is 6.58. The first-order valence-electron chi connectivity index (χ1n) is 9.81. The number of rotatable bonds is 9. The summed E-state index contributed by atoms with van der Waals surface area (Å²) in [7, 11) is 0. The lowest BCUT2D eigenvalue weighted by Gasteiger charge is -2.20. The van der Waals surface area contributed by atoms with Gasteiger partial charge in [0, 0.05) is 23.6 Å². The fraction of sp³-hybridized carbons (Fsp3) is 0.167. The van der Waals surface area contributed by atoms with Crippen LogP contribution in [0.15, 0.2) is 78.9 Å². The predicted molar refractivity (Wildman–Crippen MR) is 117 cm³/mol. The number of para-hydroxylation sites is 1. The van der Waals surface area contributed by atoms with Crippen LogP contribution in [0, 0.1) is 5.82 Å². The van der Waals surface area contributed by atoms with Gasteiger partial charge in [0.05, 0.1) is 0 Å². The maximum absolute atomic E-state index is 13.1. The van der Waals surface area contributed by atoms with Gasteiger partial charge in [-0.2, -0.15) is 0 Å². The Balaban J connectivity index is 1.44. The van der Waals surface area contributed by atoms with Gasteiger partial charge in [0.15, 0.2) is 13.2 Å². The van der Waals surface area contributed by atoms with Crippen molar-refractivity contribution in [3.05, 3.63) is 84.7 Å². The third-order valence-electron chi connectivity index (χ3n) is 4.39. The number of halogens is 1. The topological polar surface area (TPSA) is 67.9 Å². The first-order valence-corrected chi connectivity index (χ1v) is 9.81. The molecule has 1 N–H and O–H groups in total. The van der Waals surface area contributed by atoms with Crippen LogP contribution in [0.2, 0.25) is 0 Å². The number of ether oxygens (including phenoxy) is 2. The summed E-state index contributed by atoms with van der Waals surface area (Å²) in [4.78, 5) is 25.7. The molecule has 6 nitrogen and oxygen atoms in total. The maximum atomic E-state index is 13.1. The average Bonchev–Trinajstić information content (AvgIpc) is 2.79. The van der Waals surface area contributed by atoms with E-state index in [0.29, 0.717) is 18.0 Å². The van der Waals surface area contributed by atoms with Crippen molar-refractivity contribution in [2.45, 2.75) is 6.92 Å². The second kappa shape index (κ2) is 10.8. The van der Waals surface area contributed by atoms with Crippen LogP contribution in [-0.4, -0.2) is 31.6 Å². The normalized spacial score (nSPS) is 10.3. The number of carbonyl (C=O) groups excluding carboxylic acids is 2. The third-order valence-corrected chi connectivity index (χ3v) is 4.39. The van der Waals surface area contributed by atoms with Crippen molar-refractivity contribution in [1.82, 2.24) is 0 Å². The summed E-state index contributed by atoms with van der Waals surface area (Å²) in [5.41, 5.74) is 2.38. The van der Waals surface area contributed by atoms with Gasteiger partial charge in [-0.3, -0.25) is 4.79 Å². The lowest BCUT2D eigenvalue weighted by molar-refractivity contribution is -0.149. The zero-order valence-corrected chi connectivity index (χ0v) is 17.1. The van der Waals surface area contributed by atoms with Crippen molar-refractivity contribution in [3.8, 4) is 5.75 Å². The van der Waals surface area contributed by atoms with Crippen LogP contribution in [-0.2, 0) is 14.3 Å². The summed E-state index contributed by atoms with van der Waals surface area (Å²) in [6, 6.07) is 22.4. The molecule has 0 saturated carbocycles. The first kappa shape index (κ1) is 21.8. The minimum absolute atomic E-state index is 0.318. The van der Waals surface area contributed by atoms with Crippen molar-refractivity contribution in [3.63, 3.8) is 0 Å². The van der Waals surface area contributed by atoms with Gasteiger partial charge in [-0.25, -0.2) is 9.18 Å². The Bertz CT molecular complexity index is 992. The molecule has 1 amide bonds. The summed E-state index contributed by atoms with van der Waals surface area (Å²) in [6.07, 6.45) is 0. The molecule has 7 heteroatoms. The fourth-order valence-corrected chi connectivity index (χ4v) is 2.85. The van der Waals surface area contributed by atoms with Crippen molar-refractivity contribution >= 4 is 28.9 Å². The van der Waals surface area contributed by atoms with Crippen LogP contribution in [0.4, 0.5) is 21.5 Å². The van der Waals surface area contributed by atoms with Gasteiger partial charge < -0.3 is 19.7 Å². The van der Waals surface area contributed by atoms with Gasteiger partial charge in [0.2, 0.25) is 0 Å². The standard InChI is InChI=1S/C24H23FN2O4/c1-2-27(21-12-8-18(25)9-13-21)23(28)16-31-24(29)17-30-22-14-10-20(11-15-22)26-19-6-4-3-5-7-19/h3-15,26H,2,16-17H2,1H3. The molecule has 3 rings (SSSR count). The van der Waals surface area contributed by atoms with E-state index >= 15 is 0 Å². The Morgan fingerprint density at radius 1 is 0.871 bits per heavy atom. The van der Waals surface area contributed by atoms with Crippen LogP contribution < -0.4 is 15.0 Å². The van der Waals surface area contributed by atoms with Crippen LogP contribution in [0.5, 0.6) is 5.75 Å².